The lowest BCUT2D eigenvalue weighted by molar-refractivity contribution is 0.101. The number of thiazole rings is 1. The van der Waals surface area contributed by atoms with Gasteiger partial charge in [-0.1, -0.05) is 35.2 Å². The van der Waals surface area contributed by atoms with Crippen LogP contribution in [0.2, 0.25) is 0 Å². The van der Waals surface area contributed by atoms with Crippen molar-refractivity contribution in [3.05, 3.63) is 57.9 Å². The molecular weight excluding hydrogens is 400 g/mol. The van der Waals surface area contributed by atoms with Gasteiger partial charge in [-0.3, -0.25) is 14.9 Å². The van der Waals surface area contributed by atoms with Crippen molar-refractivity contribution in [3.8, 4) is 6.07 Å². The fraction of sp³-hybridized carbons (Fsp3) is 0.111. The first kappa shape index (κ1) is 19.1. The Bertz CT molecular complexity index is 1010. The van der Waals surface area contributed by atoms with Gasteiger partial charge in [0, 0.05) is 11.3 Å². The fourth-order valence-corrected chi connectivity index (χ4v) is 4.59. The van der Waals surface area contributed by atoms with Crippen molar-refractivity contribution in [2.45, 2.75) is 11.1 Å². The Labute approximate surface area is 168 Å². The van der Waals surface area contributed by atoms with E-state index in [0.29, 0.717) is 27.0 Å². The predicted octanol–water partition coefficient (Wildman–Crippen LogP) is 4.63. The smallest absolute Gasteiger partial charge is 0.265 e. The van der Waals surface area contributed by atoms with Crippen molar-refractivity contribution in [2.75, 3.05) is 16.4 Å². The molecule has 0 spiro atoms. The summed E-state index contributed by atoms with van der Waals surface area (Å²) in [5.41, 5.74) is 1.74. The number of hydrogen-bond donors (Lipinski definition) is 2. The SMILES string of the molecule is Cc1nc(NC(=O)c2cccc(NC(=O)c3cccs3)c2)sc1SCC#N. The van der Waals surface area contributed by atoms with Crippen LogP contribution in [0, 0.1) is 18.3 Å². The number of anilines is 2. The van der Waals surface area contributed by atoms with Crippen molar-refractivity contribution in [3.63, 3.8) is 0 Å². The van der Waals surface area contributed by atoms with E-state index < -0.39 is 0 Å². The van der Waals surface area contributed by atoms with E-state index in [1.165, 1.54) is 34.4 Å². The third kappa shape index (κ3) is 4.95. The number of nitrogens with one attached hydrogen (secondary N) is 2. The topological polar surface area (TPSA) is 94.9 Å². The summed E-state index contributed by atoms with van der Waals surface area (Å²) in [6.45, 7) is 1.84. The van der Waals surface area contributed by atoms with Gasteiger partial charge in [-0.15, -0.1) is 11.3 Å². The number of thiophene rings is 1. The van der Waals surface area contributed by atoms with Crippen LogP contribution in [0.5, 0.6) is 0 Å². The standard InChI is InChI=1S/C18H14N4O2S3/c1-11-17(26-9-7-19)27-18(20-11)22-15(23)12-4-2-5-13(10-12)21-16(24)14-6-3-8-25-14/h2-6,8,10H,9H2,1H3,(H,21,24)(H,20,22,23). The van der Waals surface area contributed by atoms with Crippen LogP contribution in [0.3, 0.4) is 0 Å². The molecule has 6 nitrogen and oxygen atoms in total. The van der Waals surface area contributed by atoms with Gasteiger partial charge in [-0.25, -0.2) is 4.98 Å². The zero-order valence-electron chi connectivity index (χ0n) is 14.2. The molecule has 9 heteroatoms. The predicted molar refractivity (Wildman–Crippen MR) is 110 cm³/mol. The third-order valence-corrected chi connectivity index (χ3v) is 6.54. The molecule has 2 amide bonds. The molecule has 0 saturated carbocycles. The molecule has 3 aromatic rings. The van der Waals surface area contributed by atoms with Crippen molar-refractivity contribution in [1.82, 2.24) is 4.98 Å². The monoisotopic (exact) mass is 414 g/mol. The molecule has 0 fully saturated rings. The minimum atomic E-state index is -0.312. The number of carbonyl (C=O) groups excluding carboxylic acids is 2. The Morgan fingerprint density at radius 3 is 2.81 bits per heavy atom. The van der Waals surface area contributed by atoms with Gasteiger partial charge in [0.2, 0.25) is 0 Å². The molecule has 0 unspecified atom stereocenters. The van der Waals surface area contributed by atoms with Crippen LogP contribution < -0.4 is 10.6 Å². The van der Waals surface area contributed by atoms with E-state index in [-0.39, 0.29) is 11.8 Å². The first-order valence-corrected chi connectivity index (χ1v) is 10.5. The number of thioether (sulfide) groups is 1. The average molecular weight is 415 g/mol. The van der Waals surface area contributed by atoms with E-state index in [9.17, 15) is 9.59 Å². The minimum Gasteiger partial charge on any atom is -0.321 e. The summed E-state index contributed by atoms with van der Waals surface area (Å²) in [4.78, 5) is 29.6. The highest BCUT2D eigenvalue weighted by molar-refractivity contribution is 8.01. The molecule has 2 N–H and O–H groups in total. The van der Waals surface area contributed by atoms with Crippen LogP contribution in [-0.2, 0) is 0 Å². The van der Waals surface area contributed by atoms with Gasteiger partial charge in [-0.2, -0.15) is 5.26 Å². The number of aryl methyl sites for hydroxylation is 1. The number of nitrogens with zero attached hydrogens (tertiary/aromatic N) is 2. The van der Waals surface area contributed by atoms with Crippen LogP contribution in [0.25, 0.3) is 0 Å². The number of amides is 2. The zero-order valence-corrected chi connectivity index (χ0v) is 16.6. The summed E-state index contributed by atoms with van der Waals surface area (Å²) in [5, 5.41) is 16.5. The molecule has 2 aromatic heterocycles. The Morgan fingerprint density at radius 2 is 2.07 bits per heavy atom. The molecule has 0 bridgehead atoms. The molecule has 0 atom stereocenters. The maximum Gasteiger partial charge on any atom is 0.265 e. The van der Waals surface area contributed by atoms with Gasteiger partial charge in [0.25, 0.3) is 11.8 Å². The van der Waals surface area contributed by atoms with Crippen molar-refractivity contribution >= 4 is 57.1 Å². The van der Waals surface area contributed by atoms with Gasteiger partial charge >= 0.3 is 0 Å². The number of carbonyl (C=O) groups is 2. The van der Waals surface area contributed by atoms with Crippen LogP contribution in [-0.4, -0.2) is 22.6 Å². The van der Waals surface area contributed by atoms with Crippen molar-refractivity contribution < 1.29 is 9.59 Å². The highest BCUT2D eigenvalue weighted by Crippen LogP contribution is 2.32. The highest BCUT2D eigenvalue weighted by Gasteiger charge is 2.13. The van der Waals surface area contributed by atoms with E-state index in [1.807, 2.05) is 18.4 Å². The summed E-state index contributed by atoms with van der Waals surface area (Å²) in [6.07, 6.45) is 0. The van der Waals surface area contributed by atoms with Gasteiger partial charge in [0.05, 0.1) is 26.6 Å². The van der Waals surface area contributed by atoms with Crippen LogP contribution >= 0.6 is 34.4 Å². The molecule has 0 radical (unpaired) electrons. The Morgan fingerprint density at radius 1 is 1.22 bits per heavy atom. The third-order valence-electron chi connectivity index (χ3n) is 3.37. The minimum absolute atomic E-state index is 0.211. The molecule has 2 heterocycles. The second-order valence-corrected chi connectivity index (χ2v) is 8.50. The molecule has 0 aliphatic rings. The van der Waals surface area contributed by atoms with E-state index in [4.69, 9.17) is 5.26 Å². The Balaban J connectivity index is 1.68. The summed E-state index contributed by atoms with van der Waals surface area (Å²) >= 11 is 4.08. The quantitative estimate of drug-likeness (QED) is 0.573. The molecule has 136 valence electrons. The van der Waals surface area contributed by atoms with E-state index in [2.05, 4.69) is 21.7 Å². The van der Waals surface area contributed by atoms with Crippen LogP contribution in [0.4, 0.5) is 10.8 Å². The fourth-order valence-electron chi connectivity index (χ4n) is 2.18. The van der Waals surface area contributed by atoms with E-state index >= 15 is 0 Å². The average Bonchev–Trinajstić information content (AvgIpc) is 3.30. The first-order chi connectivity index (χ1) is 13.1. The van der Waals surface area contributed by atoms with Crippen molar-refractivity contribution in [2.24, 2.45) is 0 Å². The van der Waals surface area contributed by atoms with E-state index in [0.717, 1.165) is 9.90 Å². The molecular formula is C18H14N4O2S3. The molecule has 1 aromatic carbocycles. The number of benzene rings is 1. The normalized spacial score (nSPS) is 10.2. The maximum absolute atomic E-state index is 12.5. The lowest BCUT2D eigenvalue weighted by Crippen LogP contribution is -2.14. The first-order valence-electron chi connectivity index (χ1n) is 7.80. The highest BCUT2D eigenvalue weighted by atomic mass is 32.2. The Kier molecular flexibility index (Phi) is 6.24. The summed E-state index contributed by atoms with van der Waals surface area (Å²) < 4.78 is 0.906. The van der Waals surface area contributed by atoms with Crippen molar-refractivity contribution in [1.29, 1.82) is 5.26 Å². The van der Waals surface area contributed by atoms with Gasteiger partial charge in [0.15, 0.2) is 5.13 Å². The number of aromatic nitrogens is 1. The second kappa shape index (κ2) is 8.81. The summed E-state index contributed by atoms with van der Waals surface area (Å²) in [5.74, 6) is -0.187. The molecule has 0 aliphatic heterocycles. The van der Waals surface area contributed by atoms with E-state index in [1.54, 1.807) is 30.3 Å². The number of nitriles is 1. The number of hydrogen-bond acceptors (Lipinski definition) is 7. The van der Waals surface area contributed by atoms with Crippen LogP contribution in [0.15, 0.2) is 46.0 Å². The van der Waals surface area contributed by atoms with Gasteiger partial charge in [-0.05, 0) is 36.6 Å². The lowest BCUT2D eigenvalue weighted by atomic mass is 10.2. The summed E-state index contributed by atoms with van der Waals surface area (Å²) in [7, 11) is 0. The zero-order chi connectivity index (χ0) is 19.2. The van der Waals surface area contributed by atoms with Crippen LogP contribution in [0.1, 0.15) is 25.7 Å². The summed E-state index contributed by atoms with van der Waals surface area (Å²) in [6, 6.07) is 12.3. The molecule has 0 aliphatic carbocycles. The van der Waals surface area contributed by atoms with Gasteiger partial charge < -0.3 is 5.32 Å². The molecule has 27 heavy (non-hydrogen) atoms. The maximum atomic E-state index is 12.5. The molecule has 0 saturated heterocycles. The number of rotatable bonds is 6. The Hall–Kier alpha value is -2.67. The van der Waals surface area contributed by atoms with Gasteiger partial charge in [0.1, 0.15) is 0 Å². The largest absolute Gasteiger partial charge is 0.321 e. The molecule has 3 rings (SSSR count). The second-order valence-electron chi connectivity index (χ2n) is 5.31. The lowest BCUT2D eigenvalue weighted by Gasteiger charge is -2.06.